The molecule has 1 saturated heterocycles. The number of carbonyl (C=O) groups excluding carboxylic acids is 2. The first-order chi connectivity index (χ1) is 11.3. The summed E-state index contributed by atoms with van der Waals surface area (Å²) in [6.45, 7) is 0.484. The lowest BCUT2D eigenvalue weighted by Crippen LogP contribution is -2.48. The molecule has 0 radical (unpaired) electrons. The second-order valence-corrected chi connectivity index (χ2v) is 7.50. The summed E-state index contributed by atoms with van der Waals surface area (Å²) in [7, 11) is -2.04. The fraction of sp³-hybridized carbons (Fsp3) is 0.533. The Labute approximate surface area is 141 Å². The van der Waals surface area contributed by atoms with Crippen LogP contribution in [-0.4, -0.2) is 56.1 Å². The van der Waals surface area contributed by atoms with Gasteiger partial charge in [-0.1, -0.05) is 0 Å². The SMILES string of the molecule is COC(=O)C1CCCCN1C(=O)c1ccnc(CNS(C)(=O)=O)c1. The number of rotatable bonds is 5. The average molecular weight is 355 g/mol. The first-order valence-electron chi connectivity index (χ1n) is 7.60. The summed E-state index contributed by atoms with van der Waals surface area (Å²) >= 11 is 0. The van der Waals surface area contributed by atoms with Gasteiger partial charge < -0.3 is 9.64 Å². The molecule has 0 saturated carbocycles. The van der Waals surface area contributed by atoms with E-state index < -0.39 is 22.0 Å². The van der Waals surface area contributed by atoms with Crippen molar-refractivity contribution in [2.24, 2.45) is 0 Å². The van der Waals surface area contributed by atoms with Crippen molar-refractivity contribution >= 4 is 21.9 Å². The van der Waals surface area contributed by atoms with Crippen LogP contribution in [0.2, 0.25) is 0 Å². The minimum absolute atomic E-state index is 0.000381. The Balaban J connectivity index is 2.17. The van der Waals surface area contributed by atoms with E-state index in [0.717, 1.165) is 19.1 Å². The van der Waals surface area contributed by atoms with Crippen LogP contribution in [0.5, 0.6) is 0 Å². The van der Waals surface area contributed by atoms with E-state index in [-0.39, 0.29) is 12.5 Å². The van der Waals surface area contributed by atoms with Gasteiger partial charge in [0.2, 0.25) is 10.0 Å². The highest BCUT2D eigenvalue weighted by atomic mass is 32.2. The molecule has 0 spiro atoms. The zero-order valence-electron chi connectivity index (χ0n) is 13.7. The molecular formula is C15H21N3O5S. The van der Waals surface area contributed by atoms with Crippen LogP contribution >= 0.6 is 0 Å². The van der Waals surface area contributed by atoms with Gasteiger partial charge in [-0.3, -0.25) is 9.78 Å². The molecule has 1 aliphatic rings. The lowest BCUT2D eigenvalue weighted by Gasteiger charge is -2.33. The average Bonchev–Trinajstić information content (AvgIpc) is 2.58. The Kier molecular flexibility index (Phi) is 5.89. The van der Waals surface area contributed by atoms with Gasteiger partial charge >= 0.3 is 5.97 Å². The van der Waals surface area contributed by atoms with Crippen molar-refractivity contribution in [3.05, 3.63) is 29.6 Å². The zero-order valence-corrected chi connectivity index (χ0v) is 14.5. The molecule has 1 unspecified atom stereocenters. The highest BCUT2D eigenvalue weighted by molar-refractivity contribution is 7.88. The molecule has 1 atom stereocenters. The normalized spacial score (nSPS) is 18.2. The number of carbonyl (C=O) groups is 2. The molecule has 8 nitrogen and oxygen atoms in total. The van der Waals surface area contributed by atoms with Gasteiger partial charge in [0.1, 0.15) is 6.04 Å². The van der Waals surface area contributed by atoms with Crippen molar-refractivity contribution in [2.75, 3.05) is 19.9 Å². The first kappa shape index (κ1) is 18.3. The Morgan fingerprint density at radius 1 is 1.42 bits per heavy atom. The van der Waals surface area contributed by atoms with Crippen molar-refractivity contribution < 1.29 is 22.7 Å². The maximum Gasteiger partial charge on any atom is 0.328 e. The summed E-state index contributed by atoms with van der Waals surface area (Å²) in [4.78, 5) is 30.2. The number of methoxy groups -OCH3 is 1. The van der Waals surface area contributed by atoms with Gasteiger partial charge in [-0.15, -0.1) is 0 Å². The number of nitrogens with one attached hydrogen (secondary N) is 1. The van der Waals surface area contributed by atoms with E-state index in [9.17, 15) is 18.0 Å². The van der Waals surface area contributed by atoms with Gasteiger partial charge in [-0.05, 0) is 31.4 Å². The van der Waals surface area contributed by atoms with E-state index in [1.165, 1.54) is 24.3 Å². The van der Waals surface area contributed by atoms with Crippen molar-refractivity contribution in [1.82, 2.24) is 14.6 Å². The summed E-state index contributed by atoms with van der Waals surface area (Å²) in [6, 6.07) is 2.50. The van der Waals surface area contributed by atoms with Gasteiger partial charge in [0, 0.05) is 18.3 Å². The van der Waals surface area contributed by atoms with Gasteiger partial charge in [0.05, 0.1) is 25.6 Å². The highest BCUT2D eigenvalue weighted by Crippen LogP contribution is 2.21. The van der Waals surface area contributed by atoms with Crippen LogP contribution in [-0.2, 0) is 26.1 Å². The van der Waals surface area contributed by atoms with E-state index in [0.29, 0.717) is 24.2 Å². The van der Waals surface area contributed by atoms with Gasteiger partial charge in [0.25, 0.3) is 5.91 Å². The number of hydrogen-bond donors (Lipinski definition) is 1. The summed E-state index contributed by atoms with van der Waals surface area (Å²) < 4.78 is 29.4. The number of esters is 1. The number of aromatic nitrogens is 1. The van der Waals surface area contributed by atoms with Gasteiger partial charge in [0.15, 0.2) is 0 Å². The van der Waals surface area contributed by atoms with Crippen molar-refractivity contribution in [3.8, 4) is 0 Å². The third kappa shape index (κ3) is 4.75. The Morgan fingerprint density at radius 3 is 2.83 bits per heavy atom. The molecular weight excluding hydrogens is 334 g/mol. The highest BCUT2D eigenvalue weighted by Gasteiger charge is 2.33. The lowest BCUT2D eigenvalue weighted by molar-refractivity contribution is -0.147. The molecule has 0 aromatic carbocycles. The van der Waals surface area contributed by atoms with Crippen LogP contribution in [0.4, 0.5) is 0 Å². The maximum absolute atomic E-state index is 12.7. The van der Waals surface area contributed by atoms with Crippen LogP contribution in [0.3, 0.4) is 0 Å². The minimum atomic E-state index is -3.35. The van der Waals surface area contributed by atoms with Crippen LogP contribution in [0.25, 0.3) is 0 Å². The molecule has 132 valence electrons. The molecule has 2 rings (SSSR count). The molecule has 1 fully saturated rings. The van der Waals surface area contributed by atoms with E-state index in [2.05, 4.69) is 9.71 Å². The van der Waals surface area contributed by atoms with E-state index in [1.54, 1.807) is 6.07 Å². The van der Waals surface area contributed by atoms with Crippen LogP contribution in [0.1, 0.15) is 35.3 Å². The summed E-state index contributed by atoms with van der Waals surface area (Å²) in [5.74, 6) is -0.704. The van der Waals surface area contributed by atoms with Gasteiger partial charge in [-0.25, -0.2) is 17.9 Å². The number of piperidine rings is 1. The standard InChI is InChI=1S/C15H21N3O5S/c1-23-15(20)13-5-3-4-8-18(13)14(19)11-6-7-16-12(9-11)10-17-24(2,21)22/h6-7,9,13,17H,3-5,8,10H2,1-2H3. The molecule has 1 aromatic rings. The molecule has 1 amide bonds. The number of ether oxygens (including phenoxy) is 1. The quantitative estimate of drug-likeness (QED) is 0.762. The summed E-state index contributed by atoms with van der Waals surface area (Å²) in [6.07, 6.45) is 4.77. The maximum atomic E-state index is 12.7. The number of amides is 1. The fourth-order valence-corrected chi connectivity index (χ4v) is 3.04. The van der Waals surface area contributed by atoms with Crippen molar-refractivity contribution in [1.29, 1.82) is 0 Å². The van der Waals surface area contributed by atoms with Crippen LogP contribution in [0, 0.1) is 0 Å². The third-order valence-electron chi connectivity index (χ3n) is 3.82. The lowest BCUT2D eigenvalue weighted by atomic mass is 10.0. The molecule has 1 N–H and O–H groups in total. The first-order valence-corrected chi connectivity index (χ1v) is 9.49. The smallest absolute Gasteiger partial charge is 0.328 e. The van der Waals surface area contributed by atoms with Gasteiger partial charge in [-0.2, -0.15) is 0 Å². The summed E-state index contributed by atoms with van der Waals surface area (Å²) in [5, 5.41) is 0. The summed E-state index contributed by atoms with van der Waals surface area (Å²) in [5.41, 5.74) is 0.795. The Bertz CT molecular complexity index is 720. The second kappa shape index (κ2) is 7.71. The van der Waals surface area contributed by atoms with Crippen molar-refractivity contribution in [3.63, 3.8) is 0 Å². The molecule has 1 aromatic heterocycles. The third-order valence-corrected chi connectivity index (χ3v) is 4.48. The number of nitrogens with zero attached hydrogens (tertiary/aromatic N) is 2. The molecule has 9 heteroatoms. The van der Waals surface area contributed by atoms with Crippen LogP contribution in [0.15, 0.2) is 18.3 Å². The topological polar surface area (TPSA) is 106 Å². The van der Waals surface area contributed by atoms with Crippen LogP contribution < -0.4 is 4.72 Å². The predicted octanol–water partition coefficient (Wildman–Crippen LogP) is 0.299. The number of hydrogen-bond acceptors (Lipinski definition) is 6. The number of pyridine rings is 1. The molecule has 0 aliphatic carbocycles. The number of sulfonamides is 1. The monoisotopic (exact) mass is 355 g/mol. The van der Waals surface area contributed by atoms with E-state index in [4.69, 9.17) is 4.74 Å². The minimum Gasteiger partial charge on any atom is -0.467 e. The number of likely N-dealkylation sites (tertiary alicyclic amines) is 1. The predicted molar refractivity (Wildman–Crippen MR) is 86.6 cm³/mol. The molecule has 1 aliphatic heterocycles. The second-order valence-electron chi connectivity index (χ2n) is 5.66. The zero-order chi connectivity index (χ0) is 17.7. The largest absolute Gasteiger partial charge is 0.467 e. The van der Waals surface area contributed by atoms with Crippen molar-refractivity contribution in [2.45, 2.75) is 31.8 Å². The molecule has 0 bridgehead atoms. The van der Waals surface area contributed by atoms with E-state index >= 15 is 0 Å². The fourth-order valence-electron chi connectivity index (χ4n) is 2.63. The Morgan fingerprint density at radius 2 is 2.17 bits per heavy atom. The molecule has 2 heterocycles. The molecule has 24 heavy (non-hydrogen) atoms. The van der Waals surface area contributed by atoms with E-state index in [1.807, 2.05) is 0 Å². The Hall–Kier alpha value is -2.00.